The lowest BCUT2D eigenvalue weighted by Gasteiger charge is -2.37. The molecule has 2 nitrogen and oxygen atoms in total. The molecule has 1 N–H and O–H groups in total. The minimum absolute atomic E-state index is 0.300. The average molecular weight is 275 g/mol. The second kappa shape index (κ2) is 7.24. The van der Waals surface area contributed by atoms with E-state index in [1.165, 1.54) is 11.1 Å². The maximum Gasteiger partial charge on any atom is 0.0775 e. The molecule has 2 rings (SSSR count). The van der Waals surface area contributed by atoms with E-state index in [-0.39, 0.29) is 0 Å². The van der Waals surface area contributed by atoms with Crippen LogP contribution in [0.4, 0.5) is 0 Å². The molecule has 1 aliphatic carbocycles. The lowest BCUT2D eigenvalue weighted by Crippen LogP contribution is -2.39. The summed E-state index contributed by atoms with van der Waals surface area (Å²) >= 11 is 0. The topological polar surface area (TPSA) is 21.3 Å². The highest BCUT2D eigenvalue weighted by Gasteiger charge is 2.33. The Hall–Kier alpha value is -0.860. The first kappa shape index (κ1) is 15.5. The third-order valence-electron chi connectivity index (χ3n) is 4.08. The maximum absolute atomic E-state index is 6.22. The molecular formula is C18H29NO. The highest BCUT2D eigenvalue weighted by molar-refractivity contribution is 5.36. The van der Waals surface area contributed by atoms with Crippen LogP contribution in [0.3, 0.4) is 0 Å². The number of benzene rings is 1. The quantitative estimate of drug-likeness (QED) is 0.837. The smallest absolute Gasteiger partial charge is 0.0775 e. The Kier molecular flexibility index (Phi) is 5.62. The van der Waals surface area contributed by atoms with Gasteiger partial charge in [-0.2, -0.15) is 0 Å². The number of ether oxygens (including phenoxy) is 1. The zero-order valence-electron chi connectivity index (χ0n) is 13.4. The first-order valence-corrected chi connectivity index (χ1v) is 8.07. The van der Waals surface area contributed by atoms with E-state index >= 15 is 0 Å². The van der Waals surface area contributed by atoms with Gasteiger partial charge in [-0.25, -0.2) is 0 Å². The van der Waals surface area contributed by atoms with Gasteiger partial charge in [0.15, 0.2) is 0 Å². The van der Waals surface area contributed by atoms with E-state index < -0.39 is 0 Å². The summed E-state index contributed by atoms with van der Waals surface area (Å²) in [5, 5.41) is 3.70. The van der Waals surface area contributed by atoms with Gasteiger partial charge in [0.2, 0.25) is 0 Å². The monoisotopic (exact) mass is 275 g/mol. The van der Waals surface area contributed by atoms with Crippen LogP contribution >= 0.6 is 0 Å². The lowest BCUT2D eigenvalue weighted by atomic mass is 9.79. The summed E-state index contributed by atoms with van der Waals surface area (Å²) in [6.07, 6.45) is 2.57. The molecule has 112 valence electrons. The van der Waals surface area contributed by atoms with Crippen molar-refractivity contribution in [3.8, 4) is 0 Å². The first-order valence-electron chi connectivity index (χ1n) is 8.07. The molecule has 2 heteroatoms. The van der Waals surface area contributed by atoms with Crippen molar-refractivity contribution >= 4 is 0 Å². The van der Waals surface area contributed by atoms with Crippen LogP contribution in [0.2, 0.25) is 0 Å². The summed E-state index contributed by atoms with van der Waals surface area (Å²) < 4.78 is 6.22. The Morgan fingerprint density at radius 3 is 2.60 bits per heavy atom. The normalized spacial score (nSPS) is 25.8. The second-order valence-electron chi connectivity index (χ2n) is 6.46. The molecule has 3 unspecified atom stereocenters. The zero-order chi connectivity index (χ0) is 14.5. The summed E-state index contributed by atoms with van der Waals surface area (Å²) in [5.74, 6) is 1.18. The fourth-order valence-corrected chi connectivity index (χ4v) is 3.08. The molecule has 1 aromatic carbocycles. The molecule has 0 saturated heterocycles. The van der Waals surface area contributed by atoms with E-state index in [4.69, 9.17) is 4.74 Å². The summed E-state index contributed by atoms with van der Waals surface area (Å²) in [4.78, 5) is 0. The number of hydrogen-bond acceptors (Lipinski definition) is 2. The second-order valence-corrected chi connectivity index (χ2v) is 6.46. The van der Waals surface area contributed by atoms with Crippen LogP contribution in [0, 0.1) is 5.92 Å². The van der Waals surface area contributed by atoms with E-state index in [2.05, 4.69) is 57.3 Å². The molecule has 0 fully saturated rings. The maximum atomic E-state index is 6.22. The van der Waals surface area contributed by atoms with Crippen LogP contribution < -0.4 is 5.32 Å². The summed E-state index contributed by atoms with van der Waals surface area (Å²) in [5.41, 5.74) is 2.93. The van der Waals surface area contributed by atoms with Crippen molar-refractivity contribution in [2.24, 2.45) is 5.92 Å². The molecule has 1 aromatic rings. The summed E-state index contributed by atoms with van der Waals surface area (Å²) in [6, 6.07) is 9.20. The highest BCUT2D eigenvalue weighted by atomic mass is 16.5. The van der Waals surface area contributed by atoms with Crippen molar-refractivity contribution in [1.29, 1.82) is 0 Å². The van der Waals surface area contributed by atoms with Crippen molar-refractivity contribution in [3.63, 3.8) is 0 Å². The van der Waals surface area contributed by atoms with Gasteiger partial charge in [-0.3, -0.25) is 0 Å². The van der Waals surface area contributed by atoms with Crippen LogP contribution in [-0.4, -0.2) is 19.3 Å². The van der Waals surface area contributed by atoms with Crippen LogP contribution in [0.5, 0.6) is 0 Å². The molecule has 0 heterocycles. The highest BCUT2D eigenvalue weighted by Crippen LogP contribution is 2.38. The molecule has 0 aromatic heterocycles. The SMILES string of the molecule is CCCNC1c2ccccc2C(C)CC1OCC(C)C. The van der Waals surface area contributed by atoms with E-state index in [0.29, 0.717) is 24.0 Å². The van der Waals surface area contributed by atoms with Gasteiger partial charge in [-0.1, -0.05) is 52.0 Å². The van der Waals surface area contributed by atoms with E-state index in [9.17, 15) is 0 Å². The molecule has 1 aliphatic rings. The number of fused-ring (bicyclic) bond motifs is 1. The van der Waals surface area contributed by atoms with Gasteiger partial charge in [0.05, 0.1) is 12.1 Å². The molecule has 20 heavy (non-hydrogen) atoms. The van der Waals surface area contributed by atoms with E-state index in [1.54, 1.807) is 0 Å². The number of hydrogen-bond donors (Lipinski definition) is 1. The van der Waals surface area contributed by atoms with Crippen molar-refractivity contribution in [2.45, 2.75) is 58.6 Å². The van der Waals surface area contributed by atoms with Crippen molar-refractivity contribution in [3.05, 3.63) is 35.4 Å². The van der Waals surface area contributed by atoms with Crippen molar-refractivity contribution in [2.75, 3.05) is 13.2 Å². The Balaban J connectivity index is 2.19. The minimum atomic E-state index is 0.300. The van der Waals surface area contributed by atoms with Crippen LogP contribution in [-0.2, 0) is 4.74 Å². The Morgan fingerprint density at radius 1 is 1.25 bits per heavy atom. The third-order valence-corrected chi connectivity index (χ3v) is 4.08. The molecule has 0 spiro atoms. The fraction of sp³-hybridized carbons (Fsp3) is 0.667. The standard InChI is InChI=1S/C18H29NO/c1-5-10-19-18-16-9-7-6-8-15(16)14(4)11-17(18)20-12-13(2)3/h6-9,13-14,17-19H,5,10-12H2,1-4H3. The molecule has 0 aliphatic heterocycles. The summed E-state index contributed by atoms with van der Waals surface area (Å²) in [7, 11) is 0. The Labute approximate surface area is 123 Å². The number of nitrogens with one attached hydrogen (secondary N) is 1. The Morgan fingerprint density at radius 2 is 1.95 bits per heavy atom. The molecule has 3 atom stereocenters. The predicted octanol–water partition coefficient (Wildman–Crippen LogP) is 4.28. The summed E-state index contributed by atoms with van der Waals surface area (Å²) in [6.45, 7) is 10.9. The van der Waals surface area contributed by atoms with Gasteiger partial charge < -0.3 is 10.1 Å². The van der Waals surface area contributed by atoms with E-state index in [0.717, 1.165) is 26.0 Å². The van der Waals surface area contributed by atoms with Gasteiger partial charge in [0, 0.05) is 6.61 Å². The van der Waals surface area contributed by atoms with Crippen LogP contribution in [0.25, 0.3) is 0 Å². The van der Waals surface area contributed by atoms with Crippen LogP contribution in [0.1, 0.15) is 63.6 Å². The van der Waals surface area contributed by atoms with Gasteiger partial charge in [0.1, 0.15) is 0 Å². The van der Waals surface area contributed by atoms with Gasteiger partial charge in [0.25, 0.3) is 0 Å². The van der Waals surface area contributed by atoms with Crippen LogP contribution in [0.15, 0.2) is 24.3 Å². The van der Waals surface area contributed by atoms with Gasteiger partial charge >= 0.3 is 0 Å². The van der Waals surface area contributed by atoms with E-state index in [1.807, 2.05) is 0 Å². The third kappa shape index (κ3) is 3.62. The fourth-order valence-electron chi connectivity index (χ4n) is 3.08. The van der Waals surface area contributed by atoms with Crippen molar-refractivity contribution < 1.29 is 4.74 Å². The molecule has 0 bridgehead atoms. The minimum Gasteiger partial charge on any atom is -0.376 e. The van der Waals surface area contributed by atoms with Gasteiger partial charge in [-0.15, -0.1) is 0 Å². The van der Waals surface area contributed by atoms with Gasteiger partial charge in [-0.05, 0) is 42.3 Å². The zero-order valence-corrected chi connectivity index (χ0v) is 13.4. The molecular weight excluding hydrogens is 246 g/mol. The largest absolute Gasteiger partial charge is 0.376 e. The Bertz CT molecular complexity index is 416. The number of rotatable bonds is 6. The molecule has 0 saturated carbocycles. The predicted molar refractivity (Wildman–Crippen MR) is 85.1 cm³/mol. The molecule has 0 amide bonds. The lowest BCUT2D eigenvalue weighted by molar-refractivity contribution is -0.00250. The average Bonchev–Trinajstić information content (AvgIpc) is 2.44. The van der Waals surface area contributed by atoms with Crippen molar-refractivity contribution in [1.82, 2.24) is 5.32 Å². The first-order chi connectivity index (χ1) is 9.63. The molecule has 0 radical (unpaired) electrons.